The summed E-state index contributed by atoms with van der Waals surface area (Å²) in [5.41, 5.74) is 0. The molecular formula is C13H16N2O3. The van der Waals surface area contributed by atoms with Gasteiger partial charge in [-0.2, -0.15) is 0 Å². The molecule has 18 heavy (non-hydrogen) atoms. The third-order valence-corrected chi connectivity index (χ3v) is 2.43. The molecule has 2 N–H and O–H groups in total. The van der Waals surface area contributed by atoms with Gasteiger partial charge in [0.1, 0.15) is 11.5 Å². The average Bonchev–Trinajstić information content (AvgIpc) is 2.99. The number of furan rings is 2. The lowest BCUT2D eigenvalue weighted by atomic mass is 10.4. The van der Waals surface area contributed by atoms with Gasteiger partial charge in [0.25, 0.3) is 5.91 Å². The van der Waals surface area contributed by atoms with Crippen molar-refractivity contribution in [3.05, 3.63) is 47.8 Å². The maximum atomic E-state index is 11.5. The van der Waals surface area contributed by atoms with Crippen LogP contribution in [0.2, 0.25) is 0 Å². The Morgan fingerprint density at radius 3 is 2.83 bits per heavy atom. The zero-order chi connectivity index (χ0) is 12.8. The Balaban J connectivity index is 1.60. The predicted molar refractivity (Wildman–Crippen MR) is 66.2 cm³/mol. The second-order valence-electron chi connectivity index (χ2n) is 3.92. The third kappa shape index (κ3) is 3.49. The largest absolute Gasteiger partial charge is 0.465 e. The molecule has 0 radical (unpaired) electrons. The molecule has 2 rings (SSSR count). The van der Waals surface area contributed by atoms with E-state index in [1.54, 1.807) is 12.1 Å². The minimum atomic E-state index is -0.198. The van der Waals surface area contributed by atoms with Gasteiger partial charge in [0.2, 0.25) is 0 Å². The van der Waals surface area contributed by atoms with Crippen molar-refractivity contribution >= 4 is 5.91 Å². The molecular weight excluding hydrogens is 232 g/mol. The van der Waals surface area contributed by atoms with Crippen LogP contribution in [0, 0.1) is 6.92 Å². The number of aryl methyl sites for hydroxylation is 1. The van der Waals surface area contributed by atoms with Gasteiger partial charge >= 0.3 is 0 Å². The standard InChI is InChI=1S/C13H16N2O3/c1-10-4-5-11(18-10)9-14-6-7-15-13(16)12-3-2-8-17-12/h2-5,8,14H,6-7,9H2,1H3,(H,15,16). The molecule has 96 valence electrons. The summed E-state index contributed by atoms with van der Waals surface area (Å²) in [6, 6.07) is 7.18. The van der Waals surface area contributed by atoms with E-state index in [1.807, 2.05) is 19.1 Å². The molecule has 2 aromatic heterocycles. The lowest BCUT2D eigenvalue weighted by Crippen LogP contribution is -2.31. The predicted octanol–water partition coefficient (Wildman–Crippen LogP) is 1.70. The van der Waals surface area contributed by atoms with Crippen molar-refractivity contribution in [3.8, 4) is 0 Å². The summed E-state index contributed by atoms with van der Waals surface area (Å²) in [5, 5.41) is 5.93. The zero-order valence-electron chi connectivity index (χ0n) is 10.2. The monoisotopic (exact) mass is 248 g/mol. The number of nitrogens with one attached hydrogen (secondary N) is 2. The summed E-state index contributed by atoms with van der Waals surface area (Å²) in [7, 11) is 0. The summed E-state index contributed by atoms with van der Waals surface area (Å²) < 4.78 is 10.4. The number of amides is 1. The summed E-state index contributed by atoms with van der Waals surface area (Å²) in [5.74, 6) is 1.93. The molecule has 0 spiro atoms. The molecule has 1 amide bonds. The van der Waals surface area contributed by atoms with Crippen LogP contribution >= 0.6 is 0 Å². The molecule has 2 heterocycles. The van der Waals surface area contributed by atoms with Crippen molar-refractivity contribution in [3.63, 3.8) is 0 Å². The molecule has 0 aliphatic heterocycles. The van der Waals surface area contributed by atoms with Gasteiger partial charge in [0.15, 0.2) is 5.76 Å². The number of hydrogen-bond donors (Lipinski definition) is 2. The van der Waals surface area contributed by atoms with E-state index >= 15 is 0 Å². The van der Waals surface area contributed by atoms with Crippen LogP contribution in [-0.2, 0) is 6.54 Å². The van der Waals surface area contributed by atoms with Gasteiger partial charge in [0, 0.05) is 13.1 Å². The van der Waals surface area contributed by atoms with Crippen LogP contribution in [-0.4, -0.2) is 19.0 Å². The normalized spacial score (nSPS) is 10.5. The average molecular weight is 248 g/mol. The van der Waals surface area contributed by atoms with Gasteiger partial charge < -0.3 is 19.5 Å². The Morgan fingerprint density at radius 2 is 2.17 bits per heavy atom. The van der Waals surface area contributed by atoms with Crippen LogP contribution in [0.5, 0.6) is 0 Å². The fourth-order valence-electron chi connectivity index (χ4n) is 1.55. The Morgan fingerprint density at radius 1 is 1.28 bits per heavy atom. The highest BCUT2D eigenvalue weighted by atomic mass is 16.3. The van der Waals surface area contributed by atoms with E-state index in [2.05, 4.69) is 10.6 Å². The van der Waals surface area contributed by atoms with E-state index in [1.165, 1.54) is 6.26 Å². The first kappa shape index (κ1) is 12.4. The first-order chi connectivity index (χ1) is 8.75. The maximum Gasteiger partial charge on any atom is 0.287 e. The molecule has 0 saturated carbocycles. The van der Waals surface area contributed by atoms with Crippen LogP contribution in [0.25, 0.3) is 0 Å². The van der Waals surface area contributed by atoms with Gasteiger partial charge in [-0.3, -0.25) is 4.79 Å². The van der Waals surface area contributed by atoms with Gasteiger partial charge in [-0.25, -0.2) is 0 Å². The summed E-state index contributed by atoms with van der Waals surface area (Å²) in [6.45, 7) is 3.78. The molecule has 5 nitrogen and oxygen atoms in total. The second kappa shape index (κ2) is 6.07. The van der Waals surface area contributed by atoms with Gasteiger partial charge in [0.05, 0.1) is 12.8 Å². The maximum absolute atomic E-state index is 11.5. The number of carbonyl (C=O) groups excluding carboxylic acids is 1. The molecule has 0 aliphatic rings. The van der Waals surface area contributed by atoms with E-state index in [0.717, 1.165) is 11.5 Å². The topological polar surface area (TPSA) is 67.4 Å². The summed E-state index contributed by atoms with van der Waals surface area (Å²) in [4.78, 5) is 11.5. The van der Waals surface area contributed by atoms with Gasteiger partial charge in [-0.15, -0.1) is 0 Å². The number of carbonyl (C=O) groups is 1. The Bertz CT molecular complexity index is 488. The van der Waals surface area contributed by atoms with E-state index in [4.69, 9.17) is 8.83 Å². The lowest BCUT2D eigenvalue weighted by Gasteiger charge is -2.04. The Kier molecular flexibility index (Phi) is 4.20. The number of rotatable bonds is 6. The highest BCUT2D eigenvalue weighted by Crippen LogP contribution is 2.05. The molecule has 0 aromatic carbocycles. The number of hydrogen-bond acceptors (Lipinski definition) is 4. The molecule has 0 saturated heterocycles. The van der Waals surface area contributed by atoms with E-state index in [9.17, 15) is 4.79 Å². The van der Waals surface area contributed by atoms with Crippen molar-refractivity contribution in [1.29, 1.82) is 0 Å². The fourth-order valence-corrected chi connectivity index (χ4v) is 1.55. The summed E-state index contributed by atoms with van der Waals surface area (Å²) >= 11 is 0. The van der Waals surface area contributed by atoms with Crippen LogP contribution in [0.4, 0.5) is 0 Å². The molecule has 0 atom stereocenters. The smallest absolute Gasteiger partial charge is 0.287 e. The lowest BCUT2D eigenvalue weighted by molar-refractivity contribution is 0.0926. The van der Waals surface area contributed by atoms with Gasteiger partial charge in [-0.05, 0) is 31.2 Å². The second-order valence-corrected chi connectivity index (χ2v) is 3.92. The zero-order valence-corrected chi connectivity index (χ0v) is 10.2. The Hall–Kier alpha value is -2.01. The van der Waals surface area contributed by atoms with Crippen molar-refractivity contribution in [2.24, 2.45) is 0 Å². The highest BCUT2D eigenvalue weighted by Gasteiger charge is 2.06. The van der Waals surface area contributed by atoms with Crippen LogP contribution in [0.1, 0.15) is 22.1 Å². The highest BCUT2D eigenvalue weighted by molar-refractivity contribution is 5.91. The molecule has 2 aromatic rings. The Labute approximate surface area is 105 Å². The van der Waals surface area contributed by atoms with Crippen LogP contribution in [0.15, 0.2) is 39.4 Å². The fraction of sp³-hybridized carbons (Fsp3) is 0.308. The third-order valence-electron chi connectivity index (χ3n) is 2.43. The minimum absolute atomic E-state index is 0.198. The van der Waals surface area contributed by atoms with E-state index in [-0.39, 0.29) is 5.91 Å². The first-order valence-electron chi connectivity index (χ1n) is 5.83. The summed E-state index contributed by atoms with van der Waals surface area (Å²) in [6.07, 6.45) is 1.48. The molecule has 0 unspecified atom stereocenters. The molecule has 0 fully saturated rings. The SMILES string of the molecule is Cc1ccc(CNCCNC(=O)c2ccco2)o1. The molecule has 0 bridgehead atoms. The molecule has 0 aliphatic carbocycles. The van der Waals surface area contributed by atoms with Crippen LogP contribution in [0.3, 0.4) is 0 Å². The first-order valence-corrected chi connectivity index (χ1v) is 5.83. The minimum Gasteiger partial charge on any atom is -0.465 e. The van der Waals surface area contributed by atoms with Crippen molar-refractivity contribution in [2.45, 2.75) is 13.5 Å². The van der Waals surface area contributed by atoms with Crippen molar-refractivity contribution in [1.82, 2.24) is 10.6 Å². The van der Waals surface area contributed by atoms with E-state index < -0.39 is 0 Å². The van der Waals surface area contributed by atoms with Crippen molar-refractivity contribution in [2.75, 3.05) is 13.1 Å². The van der Waals surface area contributed by atoms with Crippen LogP contribution < -0.4 is 10.6 Å². The quantitative estimate of drug-likeness (QED) is 0.763. The van der Waals surface area contributed by atoms with Gasteiger partial charge in [-0.1, -0.05) is 0 Å². The van der Waals surface area contributed by atoms with E-state index in [0.29, 0.717) is 25.4 Å². The van der Waals surface area contributed by atoms with Crippen molar-refractivity contribution < 1.29 is 13.6 Å². The molecule has 5 heteroatoms.